The number of aromatic nitrogens is 2. The summed E-state index contributed by atoms with van der Waals surface area (Å²) in [6.07, 6.45) is 2.80. The SMILES string of the molecule is O=S(=O)(c1ccccc1)n1nc2sc(Br)c(-c3ccccc3)c2c1N1C2CCC1CC(O)C2. The molecular formula is C24H22BrN3O3S2. The lowest BCUT2D eigenvalue weighted by atomic mass is 9.99. The zero-order valence-corrected chi connectivity index (χ0v) is 20.9. The van der Waals surface area contributed by atoms with E-state index in [1.54, 1.807) is 30.3 Å². The summed E-state index contributed by atoms with van der Waals surface area (Å²) < 4.78 is 29.8. The number of anilines is 1. The van der Waals surface area contributed by atoms with Crippen molar-refractivity contribution in [3.63, 3.8) is 0 Å². The van der Waals surface area contributed by atoms with Crippen LogP contribution in [0.4, 0.5) is 5.82 Å². The predicted octanol–water partition coefficient (Wildman–Crippen LogP) is 5.26. The molecule has 0 aliphatic carbocycles. The highest BCUT2D eigenvalue weighted by Gasteiger charge is 2.44. The molecule has 2 unspecified atom stereocenters. The van der Waals surface area contributed by atoms with Crippen LogP contribution in [0.5, 0.6) is 0 Å². The summed E-state index contributed by atoms with van der Waals surface area (Å²) in [7, 11) is -3.90. The van der Waals surface area contributed by atoms with E-state index in [4.69, 9.17) is 0 Å². The van der Waals surface area contributed by atoms with Crippen molar-refractivity contribution in [2.24, 2.45) is 0 Å². The largest absolute Gasteiger partial charge is 0.393 e. The van der Waals surface area contributed by atoms with Crippen LogP contribution < -0.4 is 4.90 Å². The molecule has 2 aliphatic rings. The van der Waals surface area contributed by atoms with Gasteiger partial charge in [0.2, 0.25) is 0 Å². The first-order valence-corrected chi connectivity index (χ1v) is 14.0. The first kappa shape index (κ1) is 21.3. The molecule has 6 rings (SSSR count). The van der Waals surface area contributed by atoms with Gasteiger partial charge in [-0.2, -0.15) is 8.42 Å². The van der Waals surface area contributed by atoms with E-state index in [1.165, 1.54) is 15.4 Å². The van der Waals surface area contributed by atoms with E-state index >= 15 is 0 Å². The maximum Gasteiger partial charge on any atom is 0.284 e. The Morgan fingerprint density at radius 2 is 1.58 bits per heavy atom. The van der Waals surface area contributed by atoms with Crippen molar-refractivity contribution in [1.82, 2.24) is 9.19 Å². The smallest absolute Gasteiger partial charge is 0.284 e. The average molecular weight is 544 g/mol. The summed E-state index contributed by atoms with van der Waals surface area (Å²) in [6.45, 7) is 0. The monoisotopic (exact) mass is 543 g/mol. The van der Waals surface area contributed by atoms with Crippen molar-refractivity contribution < 1.29 is 13.5 Å². The number of hydrogen-bond acceptors (Lipinski definition) is 6. The van der Waals surface area contributed by atoms with Gasteiger partial charge in [-0.1, -0.05) is 48.5 Å². The Morgan fingerprint density at radius 3 is 2.21 bits per heavy atom. The topological polar surface area (TPSA) is 75.4 Å². The zero-order valence-electron chi connectivity index (χ0n) is 17.6. The van der Waals surface area contributed by atoms with Gasteiger partial charge < -0.3 is 10.0 Å². The molecule has 0 spiro atoms. The van der Waals surface area contributed by atoms with Gasteiger partial charge in [-0.05, 0) is 59.3 Å². The van der Waals surface area contributed by atoms with Gasteiger partial charge >= 0.3 is 0 Å². The Hall–Kier alpha value is -2.20. The molecule has 2 saturated heterocycles. The van der Waals surface area contributed by atoms with Crippen molar-refractivity contribution in [2.75, 3.05) is 4.90 Å². The fourth-order valence-electron chi connectivity index (χ4n) is 5.34. The number of fused-ring (bicyclic) bond motifs is 3. The van der Waals surface area contributed by atoms with Gasteiger partial charge in [-0.25, -0.2) is 0 Å². The number of thiophene rings is 1. The average Bonchev–Trinajstić information content (AvgIpc) is 3.41. The molecular weight excluding hydrogens is 522 g/mol. The molecule has 2 aromatic heterocycles. The predicted molar refractivity (Wildman–Crippen MR) is 134 cm³/mol. The fourth-order valence-corrected chi connectivity index (χ4v) is 8.49. The fraction of sp³-hybridized carbons (Fsp3) is 0.292. The van der Waals surface area contributed by atoms with Crippen molar-refractivity contribution in [3.8, 4) is 11.1 Å². The molecule has 9 heteroatoms. The summed E-state index contributed by atoms with van der Waals surface area (Å²) in [4.78, 5) is 3.13. The van der Waals surface area contributed by atoms with E-state index in [-0.39, 0.29) is 23.1 Å². The lowest BCUT2D eigenvalue weighted by Gasteiger charge is -2.38. The Balaban J connectivity index is 1.66. The quantitative estimate of drug-likeness (QED) is 0.380. The van der Waals surface area contributed by atoms with Crippen LogP contribution in [-0.4, -0.2) is 40.9 Å². The molecule has 0 amide bonds. The molecule has 2 fully saturated rings. The molecule has 4 aromatic rings. The Kier molecular flexibility index (Phi) is 5.13. The van der Waals surface area contributed by atoms with Gasteiger partial charge in [0.1, 0.15) is 0 Å². The van der Waals surface area contributed by atoms with Gasteiger partial charge in [0.15, 0.2) is 10.6 Å². The number of aliphatic hydroxyl groups excluding tert-OH is 1. The Labute approximate surface area is 204 Å². The number of rotatable bonds is 4. The summed E-state index contributed by atoms with van der Waals surface area (Å²) in [5, 5.41) is 15.9. The minimum Gasteiger partial charge on any atom is -0.393 e. The molecule has 1 N–H and O–H groups in total. The van der Waals surface area contributed by atoms with Crippen LogP contribution in [-0.2, 0) is 10.0 Å². The number of hydrogen-bond donors (Lipinski definition) is 1. The van der Waals surface area contributed by atoms with E-state index < -0.39 is 10.0 Å². The van der Waals surface area contributed by atoms with Crippen LogP contribution in [0.2, 0.25) is 0 Å². The molecule has 4 heterocycles. The summed E-state index contributed by atoms with van der Waals surface area (Å²) in [5.74, 6) is 0.619. The summed E-state index contributed by atoms with van der Waals surface area (Å²) in [5.41, 5.74) is 1.98. The van der Waals surface area contributed by atoms with E-state index in [9.17, 15) is 13.5 Å². The zero-order chi connectivity index (χ0) is 22.7. The molecule has 2 atom stereocenters. The Bertz CT molecular complexity index is 1420. The van der Waals surface area contributed by atoms with E-state index in [2.05, 4.69) is 25.9 Å². The second-order valence-electron chi connectivity index (χ2n) is 8.70. The number of piperidine rings is 1. The van der Waals surface area contributed by atoms with Crippen molar-refractivity contribution in [3.05, 3.63) is 64.5 Å². The highest BCUT2D eigenvalue weighted by Crippen LogP contribution is 2.50. The minimum atomic E-state index is -3.90. The van der Waals surface area contributed by atoms with Crippen LogP contribution in [0.3, 0.4) is 0 Å². The lowest BCUT2D eigenvalue weighted by Crippen LogP contribution is -2.46. The van der Waals surface area contributed by atoms with E-state index in [0.29, 0.717) is 23.5 Å². The molecule has 0 radical (unpaired) electrons. The first-order valence-electron chi connectivity index (χ1n) is 11.0. The number of benzene rings is 2. The van der Waals surface area contributed by atoms with Crippen LogP contribution >= 0.6 is 27.3 Å². The summed E-state index contributed by atoms with van der Waals surface area (Å²) in [6, 6.07) is 18.7. The number of nitrogens with zero attached hydrogens (tertiary/aromatic N) is 3. The highest BCUT2D eigenvalue weighted by molar-refractivity contribution is 9.11. The maximum atomic E-state index is 13.8. The van der Waals surface area contributed by atoms with Crippen LogP contribution in [0.25, 0.3) is 21.3 Å². The second kappa shape index (κ2) is 7.94. The normalized spacial score (nSPS) is 22.8. The third-order valence-electron chi connectivity index (χ3n) is 6.72. The Morgan fingerprint density at radius 1 is 0.970 bits per heavy atom. The third-order valence-corrected chi connectivity index (χ3v) is 10.0. The molecule has 170 valence electrons. The summed E-state index contributed by atoms with van der Waals surface area (Å²) >= 11 is 5.17. The minimum absolute atomic E-state index is 0.0886. The lowest BCUT2D eigenvalue weighted by molar-refractivity contribution is 0.126. The highest BCUT2D eigenvalue weighted by atomic mass is 79.9. The van der Waals surface area contributed by atoms with Crippen molar-refractivity contribution in [2.45, 2.75) is 48.8 Å². The molecule has 6 nitrogen and oxygen atoms in total. The van der Waals surface area contributed by atoms with Gasteiger partial charge in [0, 0.05) is 17.6 Å². The van der Waals surface area contributed by atoms with Gasteiger partial charge in [0.05, 0.1) is 20.2 Å². The van der Waals surface area contributed by atoms with Crippen LogP contribution in [0, 0.1) is 0 Å². The third kappa shape index (κ3) is 3.36. The molecule has 2 bridgehead atoms. The first-order chi connectivity index (χ1) is 15.9. The van der Waals surface area contributed by atoms with E-state index in [0.717, 1.165) is 33.1 Å². The van der Waals surface area contributed by atoms with Crippen molar-refractivity contribution in [1.29, 1.82) is 0 Å². The van der Waals surface area contributed by atoms with Gasteiger partial charge in [0.25, 0.3) is 10.0 Å². The van der Waals surface area contributed by atoms with Gasteiger partial charge in [-0.3, -0.25) is 0 Å². The second-order valence-corrected chi connectivity index (χ2v) is 12.8. The standard InChI is InChI=1S/C24H22BrN3O3S2/c25-22-20(15-7-3-1-4-8-15)21-23(32-22)26-28(33(30,31)19-9-5-2-6-10-19)24(21)27-16-11-12-17(27)14-18(29)13-16/h1-10,16-18,29H,11-14H2. The van der Waals surface area contributed by atoms with Crippen molar-refractivity contribution >= 4 is 53.3 Å². The molecule has 33 heavy (non-hydrogen) atoms. The number of halogens is 1. The molecule has 0 saturated carbocycles. The van der Waals surface area contributed by atoms with E-state index in [1.807, 2.05) is 30.3 Å². The van der Waals surface area contributed by atoms with Crippen LogP contribution in [0.1, 0.15) is 25.7 Å². The van der Waals surface area contributed by atoms with Crippen LogP contribution in [0.15, 0.2) is 69.3 Å². The maximum absolute atomic E-state index is 13.8. The number of aliphatic hydroxyl groups is 1. The molecule has 2 aliphatic heterocycles. The van der Waals surface area contributed by atoms with Gasteiger partial charge in [-0.15, -0.1) is 20.5 Å². The molecule has 2 aromatic carbocycles.